The molecule has 0 spiro atoms. The average molecular weight is 238 g/mol. The number of aliphatic imine (C=N–C) groups is 1. The van der Waals surface area contributed by atoms with Crippen molar-refractivity contribution in [2.75, 3.05) is 0 Å². The molecular formula is C14H10N2S. The highest BCUT2D eigenvalue weighted by Gasteiger charge is 2.10. The van der Waals surface area contributed by atoms with Gasteiger partial charge in [0.2, 0.25) is 0 Å². The van der Waals surface area contributed by atoms with Gasteiger partial charge in [-0.1, -0.05) is 30.3 Å². The van der Waals surface area contributed by atoms with Crippen LogP contribution >= 0.6 is 11.3 Å². The normalized spacial score (nSPS) is 10.8. The van der Waals surface area contributed by atoms with Crippen molar-refractivity contribution in [1.82, 2.24) is 0 Å². The Hall–Kier alpha value is -2.00. The Morgan fingerprint density at radius 3 is 2.65 bits per heavy atom. The summed E-state index contributed by atoms with van der Waals surface area (Å²) >= 11 is 1.74. The summed E-state index contributed by atoms with van der Waals surface area (Å²) in [5, 5.41) is 10.2. The van der Waals surface area contributed by atoms with Crippen molar-refractivity contribution in [2.45, 2.75) is 0 Å². The number of hydrogen-bond donors (Lipinski definition) is 1. The topological polar surface area (TPSA) is 36.2 Å². The second-order valence-electron chi connectivity index (χ2n) is 3.78. The van der Waals surface area contributed by atoms with E-state index in [1.807, 2.05) is 24.3 Å². The molecule has 0 atom stereocenters. The third-order valence-corrected chi connectivity index (χ3v) is 3.95. The van der Waals surface area contributed by atoms with E-state index in [0.717, 1.165) is 10.9 Å². The van der Waals surface area contributed by atoms with E-state index in [1.165, 1.54) is 14.8 Å². The minimum atomic E-state index is 0.235. The number of benzene rings is 2. The smallest absolute Gasteiger partial charge is 0.151 e. The van der Waals surface area contributed by atoms with Crippen LogP contribution in [-0.2, 0) is 0 Å². The van der Waals surface area contributed by atoms with Gasteiger partial charge >= 0.3 is 0 Å². The molecule has 3 aromatic rings. The highest BCUT2D eigenvalue weighted by Crippen LogP contribution is 2.35. The summed E-state index contributed by atoms with van der Waals surface area (Å²) in [7, 11) is 0. The van der Waals surface area contributed by atoms with Crippen LogP contribution in [0, 0.1) is 5.41 Å². The van der Waals surface area contributed by atoms with Gasteiger partial charge in [0, 0.05) is 25.7 Å². The quantitative estimate of drug-likeness (QED) is 0.490. The Labute approximate surface area is 103 Å². The van der Waals surface area contributed by atoms with E-state index < -0.39 is 0 Å². The molecule has 3 heteroatoms. The van der Waals surface area contributed by atoms with Gasteiger partial charge in [-0.3, -0.25) is 5.41 Å². The van der Waals surface area contributed by atoms with E-state index in [4.69, 9.17) is 5.41 Å². The predicted molar refractivity (Wildman–Crippen MR) is 75.7 cm³/mol. The van der Waals surface area contributed by atoms with E-state index in [2.05, 4.69) is 29.9 Å². The predicted octanol–water partition coefficient (Wildman–Crippen LogP) is 4.08. The van der Waals surface area contributed by atoms with Crippen LogP contribution < -0.4 is 0 Å². The van der Waals surface area contributed by atoms with Gasteiger partial charge in [0.05, 0.1) is 0 Å². The van der Waals surface area contributed by atoms with Crippen molar-refractivity contribution >= 4 is 44.1 Å². The molecule has 1 heterocycles. The van der Waals surface area contributed by atoms with Crippen LogP contribution in [0.4, 0.5) is 0 Å². The molecule has 0 fully saturated rings. The lowest BCUT2D eigenvalue weighted by molar-refractivity contribution is 1.45. The van der Waals surface area contributed by atoms with Gasteiger partial charge in [-0.15, -0.1) is 11.3 Å². The molecule has 1 N–H and O–H groups in total. The van der Waals surface area contributed by atoms with Gasteiger partial charge in [-0.05, 0) is 18.9 Å². The van der Waals surface area contributed by atoms with Crippen LogP contribution in [0.15, 0.2) is 47.5 Å². The summed E-state index contributed by atoms with van der Waals surface area (Å²) in [6.07, 6.45) is 0. The van der Waals surface area contributed by atoms with Crippen molar-refractivity contribution in [3.63, 3.8) is 0 Å². The Morgan fingerprint density at radius 2 is 1.82 bits per heavy atom. The minimum Gasteiger partial charge on any atom is -0.282 e. The van der Waals surface area contributed by atoms with Crippen molar-refractivity contribution in [3.8, 4) is 0 Å². The average Bonchev–Trinajstić information content (AvgIpc) is 2.76. The maximum Gasteiger partial charge on any atom is 0.151 e. The number of nitrogens with zero attached hydrogens (tertiary/aromatic N) is 1. The first-order valence-electron chi connectivity index (χ1n) is 5.27. The first kappa shape index (κ1) is 10.2. The number of fused-ring (bicyclic) bond motifs is 3. The van der Waals surface area contributed by atoms with E-state index in [-0.39, 0.29) is 5.84 Å². The second kappa shape index (κ2) is 3.79. The molecule has 0 aliphatic heterocycles. The zero-order valence-corrected chi connectivity index (χ0v) is 9.92. The van der Waals surface area contributed by atoms with Gasteiger partial charge < -0.3 is 0 Å². The molecule has 1 aromatic heterocycles. The number of thiophene rings is 1. The zero-order chi connectivity index (χ0) is 11.8. The summed E-state index contributed by atoms with van der Waals surface area (Å²) in [6, 6.07) is 14.2. The van der Waals surface area contributed by atoms with Crippen LogP contribution in [0.1, 0.15) is 5.56 Å². The highest BCUT2D eigenvalue weighted by atomic mass is 32.1. The van der Waals surface area contributed by atoms with Crippen LogP contribution in [-0.4, -0.2) is 12.6 Å². The van der Waals surface area contributed by atoms with E-state index in [9.17, 15) is 0 Å². The first-order chi connectivity index (χ1) is 8.31. The van der Waals surface area contributed by atoms with Crippen LogP contribution in [0.5, 0.6) is 0 Å². The van der Waals surface area contributed by atoms with Crippen LogP contribution in [0.3, 0.4) is 0 Å². The van der Waals surface area contributed by atoms with E-state index >= 15 is 0 Å². The molecule has 0 aliphatic rings. The van der Waals surface area contributed by atoms with Crippen LogP contribution in [0.25, 0.3) is 20.2 Å². The molecular weight excluding hydrogens is 228 g/mol. The molecule has 0 amide bonds. The van der Waals surface area contributed by atoms with Gasteiger partial charge in [-0.25, -0.2) is 4.99 Å². The first-order valence-corrected chi connectivity index (χ1v) is 6.09. The maximum atomic E-state index is 7.85. The molecule has 0 saturated carbocycles. The molecule has 3 rings (SSSR count). The van der Waals surface area contributed by atoms with E-state index in [0.29, 0.717) is 0 Å². The Morgan fingerprint density at radius 1 is 1.06 bits per heavy atom. The third kappa shape index (κ3) is 1.47. The molecule has 0 aliphatic carbocycles. The van der Waals surface area contributed by atoms with Crippen molar-refractivity contribution < 1.29 is 0 Å². The molecule has 2 aromatic carbocycles. The fourth-order valence-electron chi connectivity index (χ4n) is 2.06. The summed E-state index contributed by atoms with van der Waals surface area (Å²) < 4.78 is 2.43. The molecule has 0 radical (unpaired) electrons. The van der Waals surface area contributed by atoms with Crippen molar-refractivity contribution in [3.05, 3.63) is 48.0 Å². The number of nitrogens with one attached hydrogen (secondary N) is 1. The lowest BCUT2D eigenvalue weighted by Crippen LogP contribution is -1.93. The van der Waals surface area contributed by atoms with Crippen LogP contribution in [0.2, 0.25) is 0 Å². The molecule has 0 unspecified atom stereocenters. The van der Waals surface area contributed by atoms with Crippen molar-refractivity contribution in [1.29, 1.82) is 5.41 Å². The third-order valence-electron chi connectivity index (χ3n) is 2.82. The van der Waals surface area contributed by atoms with Gasteiger partial charge in [0.1, 0.15) is 0 Å². The van der Waals surface area contributed by atoms with Gasteiger partial charge in [-0.2, -0.15) is 0 Å². The molecule has 0 bridgehead atoms. The molecule has 2 nitrogen and oxygen atoms in total. The summed E-state index contributed by atoms with van der Waals surface area (Å²) in [5.41, 5.74) is 0.856. The molecule has 0 saturated heterocycles. The minimum absolute atomic E-state index is 0.235. The number of rotatable bonds is 1. The lowest BCUT2D eigenvalue weighted by atomic mass is 10.1. The SMILES string of the molecule is C=NC(=N)c1cccc2sc3ccccc3c12. The lowest BCUT2D eigenvalue weighted by Gasteiger charge is -2.00. The fraction of sp³-hybridized carbons (Fsp3) is 0. The summed E-state index contributed by atoms with van der Waals surface area (Å²) in [5.74, 6) is 0.235. The Kier molecular flexibility index (Phi) is 2.27. The number of hydrogen-bond acceptors (Lipinski definition) is 2. The second-order valence-corrected chi connectivity index (χ2v) is 4.87. The van der Waals surface area contributed by atoms with Gasteiger partial charge in [0.25, 0.3) is 0 Å². The Balaban J connectivity index is 2.51. The highest BCUT2D eigenvalue weighted by molar-refractivity contribution is 7.25. The van der Waals surface area contributed by atoms with Crippen molar-refractivity contribution in [2.24, 2.45) is 4.99 Å². The molecule has 17 heavy (non-hydrogen) atoms. The zero-order valence-electron chi connectivity index (χ0n) is 9.10. The monoisotopic (exact) mass is 238 g/mol. The standard InChI is InChI=1S/C14H10N2S/c1-16-14(15)10-6-4-8-12-13(10)9-5-2-3-7-11(9)17-12/h2-8,15H,1H2. The Bertz CT molecular complexity index is 740. The number of amidine groups is 1. The summed E-state index contributed by atoms with van der Waals surface area (Å²) in [4.78, 5) is 3.73. The molecule has 82 valence electrons. The van der Waals surface area contributed by atoms with Gasteiger partial charge in [0.15, 0.2) is 5.84 Å². The van der Waals surface area contributed by atoms with E-state index in [1.54, 1.807) is 11.3 Å². The summed E-state index contributed by atoms with van der Waals surface area (Å²) in [6.45, 7) is 3.44. The largest absolute Gasteiger partial charge is 0.282 e. The fourth-order valence-corrected chi connectivity index (χ4v) is 3.19. The maximum absolute atomic E-state index is 7.85.